The topological polar surface area (TPSA) is 0 Å². The zero-order valence-corrected chi connectivity index (χ0v) is 7.53. The van der Waals surface area contributed by atoms with Crippen LogP contribution in [0.25, 0.3) is 16.2 Å². The van der Waals surface area contributed by atoms with Gasteiger partial charge in [-0.25, -0.2) is 0 Å². The lowest BCUT2D eigenvalue weighted by Crippen LogP contribution is -1.68. The van der Waals surface area contributed by atoms with Crippen LogP contribution < -0.4 is 0 Å². The summed E-state index contributed by atoms with van der Waals surface area (Å²) in [5.41, 5.74) is 1.17. The lowest BCUT2D eigenvalue weighted by atomic mass is 10.1. The van der Waals surface area contributed by atoms with Crippen molar-refractivity contribution in [3.63, 3.8) is 0 Å². The highest BCUT2D eigenvalue weighted by Crippen LogP contribution is 2.25. The Bertz CT molecular complexity index is 423. The quantitative estimate of drug-likeness (QED) is 0.616. The van der Waals surface area contributed by atoms with Crippen molar-refractivity contribution in [3.8, 4) is 0 Å². The molecule has 0 fully saturated rings. The fourth-order valence-corrected chi connectivity index (χ4v) is 2.08. The van der Waals surface area contributed by atoms with E-state index in [2.05, 4.69) is 37.8 Å². The zero-order valence-electron chi connectivity index (χ0n) is 6.71. The van der Waals surface area contributed by atoms with Crippen molar-refractivity contribution in [1.29, 1.82) is 0 Å². The van der Waals surface area contributed by atoms with Crippen molar-refractivity contribution in [2.24, 2.45) is 0 Å². The van der Waals surface area contributed by atoms with Gasteiger partial charge in [-0.05, 0) is 36.1 Å². The van der Waals surface area contributed by atoms with E-state index >= 15 is 0 Å². The molecule has 0 saturated carbocycles. The van der Waals surface area contributed by atoms with Crippen molar-refractivity contribution >= 4 is 27.5 Å². The highest BCUT2D eigenvalue weighted by molar-refractivity contribution is 7.19. The third kappa shape index (κ3) is 1.16. The molecule has 2 aromatic rings. The van der Waals surface area contributed by atoms with Gasteiger partial charge in [0.25, 0.3) is 0 Å². The Morgan fingerprint density at radius 3 is 2.83 bits per heavy atom. The van der Waals surface area contributed by atoms with Crippen LogP contribution in [0.5, 0.6) is 0 Å². The third-order valence-corrected chi connectivity index (χ3v) is 2.80. The molecule has 1 radical (unpaired) electrons. The highest BCUT2D eigenvalue weighted by Gasteiger charge is 1.97. The van der Waals surface area contributed by atoms with Gasteiger partial charge < -0.3 is 0 Å². The predicted octanol–water partition coefficient (Wildman–Crippen LogP) is 3.73. The van der Waals surface area contributed by atoms with E-state index in [4.69, 9.17) is 0 Å². The molecule has 1 aromatic heterocycles. The minimum absolute atomic E-state index is 1.12. The van der Waals surface area contributed by atoms with Crippen LogP contribution in [0.4, 0.5) is 0 Å². The Labute approximate surface area is 76.2 Å². The molecule has 1 heterocycles. The van der Waals surface area contributed by atoms with Crippen LogP contribution in [0.3, 0.4) is 0 Å². The second kappa shape index (κ2) is 2.76. The monoisotopic (exact) mass is 173 g/mol. The van der Waals surface area contributed by atoms with Gasteiger partial charge in [0.05, 0.1) is 0 Å². The van der Waals surface area contributed by atoms with E-state index in [1.807, 2.05) is 6.08 Å². The molecule has 0 nitrogen and oxygen atoms in total. The number of thiophene rings is 1. The molecule has 0 aliphatic carbocycles. The molecular weight excluding hydrogens is 164 g/mol. The molecule has 1 aromatic carbocycles. The summed E-state index contributed by atoms with van der Waals surface area (Å²) in [6, 6.07) is 8.43. The average molecular weight is 173 g/mol. The van der Waals surface area contributed by atoms with Gasteiger partial charge in [0, 0.05) is 9.58 Å². The molecule has 0 bridgehead atoms. The van der Waals surface area contributed by atoms with Crippen molar-refractivity contribution in [3.05, 3.63) is 48.2 Å². The van der Waals surface area contributed by atoms with Gasteiger partial charge in [0.2, 0.25) is 0 Å². The summed E-state index contributed by atoms with van der Waals surface area (Å²) in [5.74, 6) is 0. The van der Waals surface area contributed by atoms with Crippen molar-refractivity contribution in [2.75, 3.05) is 0 Å². The van der Waals surface area contributed by atoms with Gasteiger partial charge >= 0.3 is 0 Å². The highest BCUT2D eigenvalue weighted by atomic mass is 32.1. The maximum atomic E-state index is 3.91. The Balaban J connectivity index is 2.74. The number of rotatable bonds is 1. The molecule has 0 saturated heterocycles. The SMILES string of the molecule is [CH2]c1cc2cc(C=C)ccc2s1. The fraction of sp³-hybridized carbons (Fsp3) is 0. The molecule has 0 unspecified atom stereocenters. The van der Waals surface area contributed by atoms with Crippen LogP contribution in [0.2, 0.25) is 0 Å². The number of fused-ring (bicyclic) bond motifs is 1. The van der Waals surface area contributed by atoms with Crippen molar-refractivity contribution in [2.45, 2.75) is 0 Å². The second-order valence-electron chi connectivity index (χ2n) is 2.71. The first-order chi connectivity index (χ1) is 5.79. The summed E-state index contributed by atoms with van der Waals surface area (Å²) in [5, 5.41) is 1.27. The smallest absolute Gasteiger partial charge is 0.0346 e. The van der Waals surface area contributed by atoms with Crippen LogP contribution in [0.15, 0.2) is 30.8 Å². The van der Waals surface area contributed by atoms with Gasteiger partial charge in [-0.2, -0.15) is 0 Å². The summed E-state index contributed by atoms with van der Waals surface area (Å²) < 4.78 is 1.30. The minimum Gasteiger partial charge on any atom is -0.140 e. The molecule has 0 N–H and O–H groups in total. The molecule has 0 amide bonds. The van der Waals surface area contributed by atoms with E-state index in [0.29, 0.717) is 0 Å². The van der Waals surface area contributed by atoms with Crippen LogP contribution in [0.1, 0.15) is 10.4 Å². The fourth-order valence-electron chi connectivity index (χ4n) is 1.24. The predicted molar refractivity (Wildman–Crippen MR) is 56.4 cm³/mol. The first-order valence-electron chi connectivity index (χ1n) is 3.77. The molecular formula is C11H9S. The molecule has 59 valence electrons. The number of hydrogen-bond donors (Lipinski definition) is 0. The maximum Gasteiger partial charge on any atom is 0.0346 e. The summed E-state index contributed by atoms with van der Waals surface area (Å²) in [6.45, 7) is 7.64. The summed E-state index contributed by atoms with van der Waals surface area (Å²) in [7, 11) is 0. The van der Waals surface area contributed by atoms with Gasteiger partial charge in [-0.1, -0.05) is 18.7 Å². The first-order valence-corrected chi connectivity index (χ1v) is 4.59. The standard InChI is InChI=1S/C11H9S/c1-3-9-4-5-11-10(7-9)6-8(2)12-11/h3-7H,1-2H2. The van der Waals surface area contributed by atoms with Gasteiger partial charge in [-0.15, -0.1) is 11.3 Å². The van der Waals surface area contributed by atoms with E-state index in [-0.39, 0.29) is 0 Å². The average Bonchev–Trinajstić information content (AvgIpc) is 2.43. The Morgan fingerprint density at radius 1 is 1.25 bits per heavy atom. The van der Waals surface area contributed by atoms with Gasteiger partial charge in [0.15, 0.2) is 0 Å². The third-order valence-electron chi connectivity index (χ3n) is 1.83. The normalized spacial score (nSPS) is 10.4. The zero-order chi connectivity index (χ0) is 8.55. The number of benzene rings is 1. The van der Waals surface area contributed by atoms with Crippen LogP contribution in [0, 0.1) is 6.92 Å². The van der Waals surface area contributed by atoms with Gasteiger partial charge in [0.1, 0.15) is 0 Å². The van der Waals surface area contributed by atoms with E-state index in [9.17, 15) is 0 Å². The molecule has 0 atom stereocenters. The lowest BCUT2D eigenvalue weighted by molar-refractivity contribution is 1.77. The Hall–Kier alpha value is -1.08. The Kier molecular flexibility index (Phi) is 1.74. The minimum atomic E-state index is 1.12. The van der Waals surface area contributed by atoms with E-state index in [1.165, 1.54) is 15.6 Å². The Morgan fingerprint density at radius 2 is 2.08 bits per heavy atom. The molecule has 2 rings (SSSR count). The van der Waals surface area contributed by atoms with E-state index in [0.717, 1.165) is 4.88 Å². The van der Waals surface area contributed by atoms with E-state index < -0.39 is 0 Å². The molecule has 12 heavy (non-hydrogen) atoms. The van der Waals surface area contributed by atoms with Gasteiger partial charge in [-0.3, -0.25) is 0 Å². The largest absolute Gasteiger partial charge is 0.140 e. The first kappa shape index (κ1) is 7.56. The summed E-state index contributed by atoms with van der Waals surface area (Å²) >= 11 is 1.73. The lowest BCUT2D eigenvalue weighted by Gasteiger charge is -1.91. The molecule has 0 aliphatic heterocycles. The summed E-state index contributed by atoms with van der Waals surface area (Å²) in [4.78, 5) is 1.12. The van der Waals surface area contributed by atoms with Crippen LogP contribution >= 0.6 is 11.3 Å². The molecule has 0 spiro atoms. The van der Waals surface area contributed by atoms with Crippen LogP contribution in [-0.2, 0) is 0 Å². The molecule has 0 aliphatic rings. The second-order valence-corrected chi connectivity index (χ2v) is 3.88. The van der Waals surface area contributed by atoms with Crippen LogP contribution in [-0.4, -0.2) is 0 Å². The van der Waals surface area contributed by atoms with Crippen molar-refractivity contribution in [1.82, 2.24) is 0 Å². The van der Waals surface area contributed by atoms with Crippen molar-refractivity contribution < 1.29 is 0 Å². The maximum absolute atomic E-state index is 3.91. The molecule has 1 heteroatoms. The summed E-state index contributed by atoms with van der Waals surface area (Å²) in [6.07, 6.45) is 1.86. The van der Waals surface area contributed by atoms with E-state index in [1.54, 1.807) is 11.3 Å². The number of hydrogen-bond acceptors (Lipinski definition) is 1.